The Kier molecular flexibility index (Phi) is 5.12. The summed E-state index contributed by atoms with van der Waals surface area (Å²) in [4.78, 5) is 23.5. The Bertz CT molecular complexity index is 720. The molecule has 0 aliphatic carbocycles. The summed E-state index contributed by atoms with van der Waals surface area (Å²) in [6, 6.07) is 8.43. The van der Waals surface area contributed by atoms with Gasteiger partial charge in [-0.2, -0.15) is 0 Å². The summed E-state index contributed by atoms with van der Waals surface area (Å²) in [7, 11) is 0. The van der Waals surface area contributed by atoms with E-state index in [2.05, 4.69) is 5.32 Å². The maximum absolute atomic E-state index is 12.2. The number of hydrogen-bond donors (Lipinski definition) is 2. The smallest absolute Gasteiger partial charge is 0.256 e. The molecule has 0 spiro atoms. The van der Waals surface area contributed by atoms with Crippen molar-refractivity contribution in [1.82, 2.24) is 0 Å². The summed E-state index contributed by atoms with van der Waals surface area (Å²) in [6.07, 6.45) is 2.24. The van der Waals surface area contributed by atoms with Gasteiger partial charge in [-0.1, -0.05) is 0 Å². The Morgan fingerprint density at radius 1 is 1.29 bits per heavy atom. The number of carbonyl (C=O) groups is 2. The van der Waals surface area contributed by atoms with Crippen LogP contribution < -0.4 is 15.8 Å². The van der Waals surface area contributed by atoms with Gasteiger partial charge in [0, 0.05) is 12.2 Å². The van der Waals surface area contributed by atoms with Crippen molar-refractivity contribution in [3.8, 4) is 5.75 Å². The van der Waals surface area contributed by atoms with E-state index < -0.39 is 5.91 Å². The first-order valence-electron chi connectivity index (χ1n) is 7.66. The summed E-state index contributed by atoms with van der Waals surface area (Å²) in [5.41, 5.74) is 6.05. The molecule has 1 aromatic heterocycles. The van der Waals surface area contributed by atoms with E-state index in [1.54, 1.807) is 35.7 Å². The Morgan fingerprint density at radius 2 is 2.08 bits per heavy atom. The van der Waals surface area contributed by atoms with E-state index >= 15 is 0 Å². The van der Waals surface area contributed by atoms with Crippen molar-refractivity contribution in [1.29, 1.82) is 0 Å². The van der Waals surface area contributed by atoms with Crippen molar-refractivity contribution < 1.29 is 19.1 Å². The maximum atomic E-state index is 12.2. The first-order chi connectivity index (χ1) is 11.6. The first kappa shape index (κ1) is 16.5. The number of nitrogens with two attached hydrogens (primary N) is 1. The second kappa shape index (κ2) is 7.46. The van der Waals surface area contributed by atoms with Gasteiger partial charge in [-0.3, -0.25) is 9.59 Å². The van der Waals surface area contributed by atoms with Crippen LogP contribution in [-0.2, 0) is 4.74 Å². The van der Waals surface area contributed by atoms with Crippen LogP contribution in [0.2, 0.25) is 0 Å². The molecule has 1 fully saturated rings. The van der Waals surface area contributed by atoms with Crippen LogP contribution >= 0.6 is 11.3 Å². The fraction of sp³-hybridized carbons (Fsp3) is 0.294. The highest BCUT2D eigenvalue weighted by atomic mass is 32.1. The van der Waals surface area contributed by atoms with Crippen molar-refractivity contribution in [3.63, 3.8) is 0 Å². The minimum atomic E-state index is -0.565. The average molecular weight is 346 g/mol. The number of benzene rings is 1. The molecule has 3 rings (SSSR count). The van der Waals surface area contributed by atoms with Crippen LogP contribution in [0.25, 0.3) is 0 Å². The zero-order chi connectivity index (χ0) is 16.9. The monoisotopic (exact) mass is 346 g/mol. The largest absolute Gasteiger partial charge is 0.491 e. The van der Waals surface area contributed by atoms with Gasteiger partial charge in [0.2, 0.25) is 0 Å². The predicted molar refractivity (Wildman–Crippen MR) is 91.7 cm³/mol. The Hall–Kier alpha value is -2.38. The molecule has 2 amide bonds. The molecule has 1 unspecified atom stereocenters. The number of hydrogen-bond acceptors (Lipinski definition) is 5. The number of thiophene rings is 1. The summed E-state index contributed by atoms with van der Waals surface area (Å²) in [5, 5.41) is 4.86. The second-order valence-corrected chi connectivity index (χ2v) is 6.37. The third-order valence-corrected chi connectivity index (χ3v) is 4.56. The molecule has 3 N–H and O–H groups in total. The number of nitrogens with one attached hydrogen (secondary N) is 1. The van der Waals surface area contributed by atoms with E-state index in [1.807, 2.05) is 0 Å². The van der Waals surface area contributed by atoms with Gasteiger partial charge in [-0.15, -0.1) is 11.3 Å². The average Bonchev–Trinajstić information content (AvgIpc) is 3.25. The van der Waals surface area contributed by atoms with Gasteiger partial charge in [-0.05, 0) is 48.6 Å². The number of ether oxygens (including phenoxy) is 2. The topological polar surface area (TPSA) is 90.7 Å². The molecule has 2 aromatic rings. The molecule has 126 valence electrons. The van der Waals surface area contributed by atoms with Crippen LogP contribution in [0.4, 0.5) is 5.00 Å². The third kappa shape index (κ3) is 3.93. The van der Waals surface area contributed by atoms with Gasteiger partial charge >= 0.3 is 0 Å². The van der Waals surface area contributed by atoms with Crippen LogP contribution in [0, 0.1) is 0 Å². The van der Waals surface area contributed by atoms with Crippen LogP contribution in [0.5, 0.6) is 5.75 Å². The molecular formula is C17H18N2O4S. The lowest BCUT2D eigenvalue weighted by molar-refractivity contribution is 0.0679. The molecule has 0 bridgehead atoms. The van der Waals surface area contributed by atoms with Gasteiger partial charge < -0.3 is 20.5 Å². The maximum Gasteiger partial charge on any atom is 0.256 e. The molecule has 7 heteroatoms. The lowest BCUT2D eigenvalue weighted by Crippen LogP contribution is -2.17. The zero-order valence-electron chi connectivity index (χ0n) is 13.0. The van der Waals surface area contributed by atoms with Gasteiger partial charge in [-0.25, -0.2) is 0 Å². The van der Waals surface area contributed by atoms with Crippen molar-refractivity contribution in [2.45, 2.75) is 18.9 Å². The second-order valence-electron chi connectivity index (χ2n) is 5.45. The number of carbonyl (C=O) groups excluding carboxylic acids is 2. The molecule has 0 radical (unpaired) electrons. The molecule has 1 atom stereocenters. The molecule has 1 aromatic carbocycles. The van der Waals surface area contributed by atoms with E-state index in [4.69, 9.17) is 15.2 Å². The van der Waals surface area contributed by atoms with E-state index in [0.717, 1.165) is 19.4 Å². The quantitative estimate of drug-likeness (QED) is 0.841. The third-order valence-electron chi connectivity index (χ3n) is 3.73. The van der Waals surface area contributed by atoms with Gasteiger partial charge in [0.25, 0.3) is 11.8 Å². The van der Waals surface area contributed by atoms with Gasteiger partial charge in [0.1, 0.15) is 17.4 Å². The number of primary amides is 1. The van der Waals surface area contributed by atoms with Crippen LogP contribution in [0.15, 0.2) is 35.7 Å². The first-order valence-corrected chi connectivity index (χ1v) is 8.54. The van der Waals surface area contributed by atoms with Crippen LogP contribution in [0.3, 0.4) is 0 Å². The Morgan fingerprint density at radius 3 is 2.75 bits per heavy atom. The predicted octanol–water partition coefficient (Wildman–Crippen LogP) is 2.66. The standard InChI is InChI=1S/C17H18N2O4S/c18-15(20)14-7-9-24-17(14)19-16(21)11-3-5-12(6-4-11)23-10-13-2-1-8-22-13/h3-7,9,13H,1-2,8,10H2,(H2,18,20)(H,19,21). The van der Waals surface area contributed by atoms with E-state index in [0.29, 0.717) is 28.5 Å². The molecule has 1 aliphatic heterocycles. The molecule has 1 saturated heterocycles. The Balaban J connectivity index is 1.59. The molecule has 2 heterocycles. The van der Waals surface area contributed by atoms with Crippen LogP contribution in [0.1, 0.15) is 33.6 Å². The lowest BCUT2D eigenvalue weighted by atomic mass is 10.2. The molecule has 1 aliphatic rings. The molecule has 24 heavy (non-hydrogen) atoms. The van der Waals surface area contributed by atoms with Gasteiger partial charge in [0.15, 0.2) is 0 Å². The number of rotatable bonds is 6. The fourth-order valence-electron chi connectivity index (χ4n) is 2.44. The van der Waals surface area contributed by atoms with Crippen molar-refractivity contribution >= 4 is 28.2 Å². The van der Waals surface area contributed by atoms with Crippen LogP contribution in [-0.4, -0.2) is 31.1 Å². The van der Waals surface area contributed by atoms with E-state index in [-0.39, 0.29) is 12.0 Å². The highest BCUT2D eigenvalue weighted by molar-refractivity contribution is 7.14. The summed E-state index contributed by atoms with van der Waals surface area (Å²) in [5.74, 6) is -0.175. The Labute approximate surface area is 143 Å². The molecule has 6 nitrogen and oxygen atoms in total. The zero-order valence-corrected chi connectivity index (χ0v) is 13.8. The minimum absolute atomic E-state index is 0.152. The minimum Gasteiger partial charge on any atom is -0.491 e. The highest BCUT2D eigenvalue weighted by Gasteiger charge is 2.16. The van der Waals surface area contributed by atoms with Crippen molar-refractivity contribution in [3.05, 3.63) is 46.8 Å². The highest BCUT2D eigenvalue weighted by Crippen LogP contribution is 2.24. The summed E-state index contributed by atoms with van der Waals surface area (Å²) >= 11 is 1.25. The molecule has 0 saturated carbocycles. The van der Waals surface area contributed by atoms with Crippen molar-refractivity contribution in [2.75, 3.05) is 18.5 Å². The fourth-order valence-corrected chi connectivity index (χ4v) is 3.23. The van der Waals surface area contributed by atoms with Crippen molar-refractivity contribution in [2.24, 2.45) is 5.73 Å². The number of amides is 2. The SMILES string of the molecule is NC(=O)c1ccsc1NC(=O)c1ccc(OCC2CCCO2)cc1. The lowest BCUT2D eigenvalue weighted by Gasteiger charge is -2.11. The summed E-state index contributed by atoms with van der Waals surface area (Å²) in [6.45, 7) is 1.31. The summed E-state index contributed by atoms with van der Waals surface area (Å²) < 4.78 is 11.2. The van der Waals surface area contributed by atoms with E-state index in [9.17, 15) is 9.59 Å². The van der Waals surface area contributed by atoms with E-state index in [1.165, 1.54) is 11.3 Å². The normalized spacial score (nSPS) is 16.8. The molecular weight excluding hydrogens is 328 g/mol. The number of anilines is 1. The van der Waals surface area contributed by atoms with Gasteiger partial charge in [0.05, 0.1) is 11.7 Å².